The second kappa shape index (κ2) is 7.15. The Bertz CT molecular complexity index is 930. The van der Waals surface area contributed by atoms with Gasteiger partial charge in [0.25, 0.3) is 0 Å². The first kappa shape index (κ1) is 17.1. The van der Waals surface area contributed by atoms with Crippen molar-refractivity contribution in [2.75, 3.05) is 26.3 Å². The number of fused-ring (bicyclic) bond motifs is 1. The highest BCUT2D eigenvalue weighted by atomic mass is 32.1. The molecule has 0 saturated carbocycles. The zero-order valence-corrected chi connectivity index (χ0v) is 15.3. The molecule has 0 amide bonds. The van der Waals surface area contributed by atoms with Gasteiger partial charge in [0.05, 0.1) is 17.9 Å². The SMILES string of the molecule is C[C@H](c1ccc(-c2cncc3sc(C(=O)O)cc23)cc1)N1CCOCC1. The fourth-order valence-corrected chi connectivity index (χ4v) is 4.31. The summed E-state index contributed by atoms with van der Waals surface area (Å²) < 4.78 is 6.33. The molecule has 3 heterocycles. The normalized spacial score (nSPS) is 16.7. The number of carboxylic acids is 1. The van der Waals surface area contributed by atoms with Gasteiger partial charge in [-0.1, -0.05) is 24.3 Å². The lowest BCUT2D eigenvalue weighted by Gasteiger charge is -2.32. The molecule has 26 heavy (non-hydrogen) atoms. The van der Waals surface area contributed by atoms with E-state index in [1.165, 1.54) is 16.9 Å². The van der Waals surface area contributed by atoms with E-state index in [-0.39, 0.29) is 0 Å². The number of benzene rings is 1. The molecule has 134 valence electrons. The lowest BCUT2D eigenvalue weighted by molar-refractivity contribution is 0.0198. The van der Waals surface area contributed by atoms with E-state index < -0.39 is 5.97 Å². The molecule has 1 aromatic carbocycles. The highest BCUT2D eigenvalue weighted by molar-refractivity contribution is 7.20. The van der Waals surface area contributed by atoms with Crippen LogP contribution in [-0.2, 0) is 4.74 Å². The predicted octanol–water partition coefficient (Wildman–Crippen LogP) is 4.05. The predicted molar refractivity (Wildman–Crippen MR) is 103 cm³/mol. The molecule has 0 aliphatic carbocycles. The van der Waals surface area contributed by atoms with Gasteiger partial charge in [-0.05, 0) is 24.1 Å². The Hall–Kier alpha value is -2.28. The van der Waals surface area contributed by atoms with Crippen molar-refractivity contribution >= 4 is 27.4 Å². The third-order valence-electron chi connectivity index (χ3n) is 4.95. The van der Waals surface area contributed by atoms with Crippen LogP contribution in [0.4, 0.5) is 0 Å². The van der Waals surface area contributed by atoms with Crippen molar-refractivity contribution in [1.29, 1.82) is 0 Å². The topological polar surface area (TPSA) is 62.7 Å². The Kier molecular flexibility index (Phi) is 4.72. The van der Waals surface area contributed by atoms with Crippen LogP contribution in [-0.4, -0.2) is 47.3 Å². The number of ether oxygens (including phenoxy) is 1. The molecule has 6 heteroatoms. The Morgan fingerprint density at radius 2 is 1.96 bits per heavy atom. The number of carboxylic acid groups (broad SMARTS) is 1. The average Bonchev–Trinajstić information content (AvgIpc) is 3.13. The van der Waals surface area contributed by atoms with Crippen LogP contribution in [0.25, 0.3) is 21.2 Å². The minimum Gasteiger partial charge on any atom is -0.477 e. The zero-order valence-electron chi connectivity index (χ0n) is 14.5. The summed E-state index contributed by atoms with van der Waals surface area (Å²) in [6, 6.07) is 10.6. The summed E-state index contributed by atoms with van der Waals surface area (Å²) in [6.07, 6.45) is 3.53. The van der Waals surface area contributed by atoms with Crippen molar-refractivity contribution in [2.45, 2.75) is 13.0 Å². The van der Waals surface area contributed by atoms with Crippen LogP contribution in [0.15, 0.2) is 42.7 Å². The Labute approximate surface area is 155 Å². The van der Waals surface area contributed by atoms with Gasteiger partial charge in [0.15, 0.2) is 0 Å². The first-order valence-electron chi connectivity index (χ1n) is 8.66. The molecule has 4 rings (SSSR count). The molecule has 1 fully saturated rings. The summed E-state index contributed by atoms with van der Waals surface area (Å²) in [5.41, 5.74) is 3.29. The molecule has 2 aromatic heterocycles. The molecule has 0 radical (unpaired) electrons. The number of carbonyl (C=O) groups is 1. The molecule has 3 aromatic rings. The van der Waals surface area contributed by atoms with Gasteiger partial charge < -0.3 is 9.84 Å². The quantitative estimate of drug-likeness (QED) is 0.753. The van der Waals surface area contributed by atoms with Crippen molar-refractivity contribution in [3.8, 4) is 11.1 Å². The number of pyridine rings is 1. The number of thiophene rings is 1. The third-order valence-corrected chi connectivity index (χ3v) is 6.01. The maximum atomic E-state index is 11.3. The van der Waals surface area contributed by atoms with Gasteiger partial charge in [0, 0.05) is 42.5 Å². The van der Waals surface area contributed by atoms with Crippen molar-refractivity contribution in [1.82, 2.24) is 9.88 Å². The molecule has 0 spiro atoms. The van der Waals surface area contributed by atoms with Gasteiger partial charge in [-0.15, -0.1) is 11.3 Å². The molecule has 0 bridgehead atoms. The monoisotopic (exact) mass is 368 g/mol. The first-order valence-corrected chi connectivity index (χ1v) is 9.48. The molecule has 0 unspecified atom stereocenters. The number of morpholine rings is 1. The molecular formula is C20H20N2O3S. The fourth-order valence-electron chi connectivity index (χ4n) is 3.41. The van der Waals surface area contributed by atoms with Gasteiger partial charge in [-0.3, -0.25) is 9.88 Å². The lowest BCUT2D eigenvalue weighted by atomic mass is 9.99. The molecule has 5 nitrogen and oxygen atoms in total. The van der Waals surface area contributed by atoms with E-state index in [0.717, 1.165) is 47.5 Å². The summed E-state index contributed by atoms with van der Waals surface area (Å²) in [5.74, 6) is -0.896. The largest absolute Gasteiger partial charge is 0.477 e. The van der Waals surface area contributed by atoms with Crippen molar-refractivity contribution in [3.05, 3.63) is 53.2 Å². The number of hydrogen-bond acceptors (Lipinski definition) is 5. The zero-order chi connectivity index (χ0) is 18.1. The molecule has 1 saturated heterocycles. The lowest BCUT2D eigenvalue weighted by Crippen LogP contribution is -2.37. The van der Waals surface area contributed by atoms with Crippen LogP contribution < -0.4 is 0 Å². The Morgan fingerprint density at radius 1 is 1.23 bits per heavy atom. The van der Waals surface area contributed by atoms with Crippen molar-refractivity contribution in [3.63, 3.8) is 0 Å². The summed E-state index contributed by atoms with van der Waals surface area (Å²) in [6.45, 7) is 5.72. The number of hydrogen-bond donors (Lipinski definition) is 1. The Morgan fingerprint density at radius 3 is 2.65 bits per heavy atom. The second-order valence-electron chi connectivity index (χ2n) is 6.46. The number of aromatic nitrogens is 1. The minimum atomic E-state index is -0.896. The maximum absolute atomic E-state index is 11.3. The van der Waals surface area contributed by atoms with Crippen LogP contribution in [0, 0.1) is 0 Å². The van der Waals surface area contributed by atoms with E-state index in [0.29, 0.717) is 10.9 Å². The van der Waals surface area contributed by atoms with Crippen LogP contribution in [0.1, 0.15) is 28.2 Å². The molecule has 1 atom stereocenters. The first-order chi connectivity index (χ1) is 12.6. The molecule has 1 N–H and O–H groups in total. The van der Waals surface area contributed by atoms with Crippen molar-refractivity contribution in [2.24, 2.45) is 0 Å². The van der Waals surface area contributed by atoms with E-state index >= 15 is 0 Å². The van der Waals surface area contributed by atoms with Gasteiger partial charge in [-0.2, -0.15) is 0 Å². The summed E-state index contributed by atoms with van der Waals surface area (Å²) >= 11 is 1.26. The number of nitrogens with zero attached hydrogens (tertiary/aromatic N) is 2. The van der Waals surface area contributed by atoms with Crippen LogP contribution >= 0.6 is 11.3 Å². The molecular weight excluding hydrogens is 348 g/mol. The summed E-state index contributed by atoms with van der Waals surface area (Å²) in [4.78, 5) is 18.3. The van der Waals surface area contributed by atoms with Crippen LogP contribution in [0.5, 0.6) is 0 Å². The Balaban J connectivity index is 1.64. The smallest absolute Gasteiger partial charge is 0.345 e. The van der Waals surface area contributed by atoms with Crippen LogP contribution in [0.3, 0.4) is 0 Å². The highest BCUT2D eigenvalue weighted by Crippen LogP contribution is 2.34. The third kappa shape index (κ3) is 3.23. The maximum Gasteiger partial charge on any atom is 0.345 e. The van der Waals surface area contributed by atoms with E-state index in [4.69, 9.17) is 4.74 Å². The van der Waals surface area contributed by atoms with E-state index in [9.17, 15) is 9.90 Å². The standard InChI is InChI=1S/C20H20N2O3S/c1-13(22-6-8-25-9-7-22)14-2-4-15(5-3-14)17-11-21-12-19-16(17)10-18(26-19)20(23)24/h2-5,10-13H,6-9H2,1H3,(H,23,24)/t13-/m1/s1. The highest BCUT2D eigenvalue weighted by Gasteiger charge is 2.19. The summed E-state index contributed by atoms with van der Waals surface area (Å²) in [7, 11) is 0. The van der Waals surface area contributed by atoms with Gasteiger partial charge in [0.2, 0.25) is 0 Å². The molecule has 1 aliphatic rings. The fraction of sp³-hybridized carbons (Fsp3) is 0.300. The van der Waals surface area contributed by atoms with Gasteiger partial charge in [0.1, 0.15) is 4.88 Å². The second-order valence-corrected chi connectivity index (χ2v) is 7.54. The van der Waals surface area contributed by atoms with Crippen LogP contribution in [0.2, 0.25) is 0 Å². The average molecular weight is 368 g/mol. The van der Waals surface area contributed by atoms with E-state index in [1.54, 1.807) is 18.5 Å². The summed E-state index contributed by atoms with van der Waals surface area (Å²) in [5, 5.41) is 10.2. The molecule has 1 aliphatic heterocycles. The minimum absolute atomic E-state index is 0.340. The van der Waals surface area contributed by atoms with E-state index in [2.05, 4.69) is 41.1 Å². The van der Waals surface area contributed by atoms with Gasteiger partial charge in [-0.25, -0.2) is 4.79 Å². The van der Waals surface area contributed by atoms with E-state index in [1.807, 2.05) is 0 Å². The van der Waals surface area contributed by atoms with Crippen molar-refractivity contribution < 1.29 is 14.6 Å². The number of aromatic carboxylic acids is 1. The number of rotatable bonds is 4. The van der Waals surface area contributed by atoms with Gasteiger partial charge >= 0.3 is 5.97 Å².